The van der Waals surface area contributed by atoms with Crippen molar-refractivity contribution in [3.05, 3.63) is 71.6 Å². The van der Waals surface area contributed by atoms with E-state index in [4.69, 9.17) is 9.78 Å². The molecule has 0 N–H and O–H groups in total. The molecule has 0 saturated carbocycles. The number of likely N-dealkylation sites (tertiary alicyclic amines) is 1. The summed E-state index contributed by atoms with van der Waals surface area (Å²) in [5.41, 5.74) is 1.97. The van der Waals surface area contributed by atoms with Crippen molar-refractivity contribution in [3.63, 3.8) is 0 Å². The van der Waals surface area contributed by atoms with E-state index in [1.165, 1.54) is 0 Å². The Morgan fingerprint density at radius 3 is 2.65 bits per heavy atom. The van der Waals surface area contributed by atoms with Gasteiger partial charge in [-0.05, 0) is 37.1 Å². The second kappa shape index (κ2) is 6.81. The van der Waals surface area contributed by atoms with Gasteiger partial charge in [-0.1, -0.05) is 35.5 Å². The van der Waals surface area contributed by atoms with Crippen molar-refractivity contribution in [2.75, 3.05) is 6.54 Å². The lowest BCUT2D eigenvalue weighted by Gasteiger charge is -2.21. The number of rotatable bonds is 3. The Labute approximate surface area is 150 Å². The topological polar surface area (TPSA) is 83.0 Å². The van der Waals surface area contributed by atoms with Crippen LogP contribution in [-0.2, 0) is 0 Å². The molecule has 1 atom stereocenters. The molecule has 0 spiro atoms. The van der Waals surface area contributed by atoms with Crippen LogP contribution >= 0.6 is 0 Å². The molecule has 0 aliphatic carbocycles. The second-order valence-corrected chi connectivity index (χ2v) is 6.17. The fourth-order valence-corrected chi connectivity index (χ4v) is 3.19. The highest BCUT2D eigenvalue weighted by Gasteiger charge is 2.34. The summed E-state index contributed by atoms with van der Waals surface area (Å²) in [4.78, 5) is 19.1. The maximum Gasteiger partial charge on any atom is 0.254 e. The van der Waals surface area contributed by atoms with Gasteiger partial charge in [0, 0.05) is 17.7 Å². The molecule has 0 unspecified atom stereocenters. The molecule has 4 rings (SSSR count). The number of hydrogen-bond acceptors (Lipinski definition) is 5. The molecule has 0 radical (unpaired) electrons. The Morgan fingerprint density at radius 2 is 1.92 bits per heavy atom. The quantitative estimate of drug-likeness (QED) is 0.725. The van der Waals surface area contributed by atoms with E-state index in [9.17, 15) is 4.79 Å². The minimum atomic E-state index is -0.219. The first-order chi connectivity index (χ1) is 12.8. The third-order valence-electron chi connectivity index (χ3n) is 4.53. The number of aromatic nitrogens is 2. The lowest BCUT2D eigenvalue weighted by atomic mass is 10.1. The smallest absolute Gasteiger partial charge is 0.254 e. The van der Waals surface area contributed by atoms with Crippen LogP contribution in [0.4, 0.5) is 0 Å². The van der Waals surface area contributed by atoms with Crippen molar-refractivity contribution in [3.8, 4) is 17.5 Å². The maximum absolute atomic E-state index is 12.9. The summed E-state index contributed by atoms with van der Waals surface area (Å²) in [5.74, 6) is 0.901. The van der Waals surface area contributed by atoms with Crippen LogP contribution in [0.25, 0.3) is 11.4 Å². The summed E-state index contributed by atoms with van der Waals surface area (Å²) in [6, 6.07) is 18.1. The lowest BCUT2D eigenvalue weighted by Crippen LogP contribution is -2.30. The normalized spacial score (nSPS) is 16.4. The third-order valence-corrected chi connectivity index (χ3v) is 4.53. The Bertz CT molecular complexity index is 957. The number of nitriles is 1. The summed E-state index contributed by atoms with van der Waals surface area (Å²) >= 11 is 0. The summed E-state index contributed by atoms with van der Waals surface area (Å²) in [7, 11) is 0. The molecular weight excluding hydrogens is 328 g/mol. The van der Waals surface area contributed by atoms with Gasteiger partial charge in [-0.15, -0.1) is 0 Å². The number of hydrogen-bond donors (Lipinski definition) is 0. The highest BCUT2D eigenvalue weighted by atomic mass is 16.5. The van der Waals surface area contributed by atoms with Crippen LogP contribution in [0.5, 0.6) is 0 Å². The second-order valence-electron chi connectivity index (χ2n) is 6.17. The molecule has 2 heterocycles. The van der Waals surface area contributed by atoms with Gasteiger partial charge in [-0.25, -0.2) is 0 Å². The first kappa shape index (κ1) is 16.0. The van der Waals surface area contributed by atoms with Crippen molar-refractivity contribution in [1.29, 1.82) is 5.26 Å². The Morgan fingerprint density at radius 1 is 1.15 bits per heavy atom. The molecule has 0 bridgehead atoms. The first-order valence-electron chi connectivity index (χ1n) is 8.46. The molecule has 1 aromatic heterocycles. The minimum Gasteiger partial charge on any atom is -0.337 e. The van der Waals surface area contributed by atoms with Crippen LogP contribution in [0.1, 0.15) is 40.7 Å². The zero-order chi connectivity index (χ0) is 17.9. The van der Waals surface area contributed by atoms with E-state index in [0.717, 1.165) is 18.4 Å². The number of benzene rings is 2. The van der Waals surface area contributed by atoms with Crippen molar-refractivity contribution in [2.45, 2.75) is 18.9 Å². The molecule has 6 heteroatoms. The predicted octanol–water partition coefficient (Wildman–Crippen LogP) is 3.59. The first-order valence-corrected chi connectivity index (χ1v) is 8.46. The van der Waals surface area contributed by atoms with E-state index in [-0.39, 0.29) is 11.9 Å². The van der Waals surface area contributed by atoms with Gasteiger partial charge in [-0.3, -0.25) is 4.79 Å². The van der Waals surface area contributed by atoms with E-state index in [0.29, 0.717) is 29.4 Å². The van der Waals surface area contributed by atoms with Gasteiger partial charge in [0.25, 0.3) is 5.91 Å². The van der Waals surface area contributed by atoms with Gasteiger partial charge in [-0.2, -0.15) is 10.2 Å². The standard InChI is InChI=1S/C20H16N4O2/c21-13-14-8-10-16(11-9-14)20(25)24-12-4-7-17(24)19-22-18(23-26-19)15-5-2-1-3-6-15/h1-3,5-6,8-11,17H,4,7,12H2/t17-/m1/s1. The Kier molecular flexibility index (Phi) is 4.20. The van der Waals surface area contributed by atoms with E-state index < -0.39 is 0 Å². The van der Waals surface area contributed by atoms with Gasteiger partial charge in [0.1, 0.15) is 6.04 Å². The van der Waals surface area contributed by atoms with E-state index >= 15 is 0 Å². The lowest BCUT2D eigenvalue weighted by molar-refractivity contribution is 0.0710. The number of carbonyl (C=O) groups is 1. The summed E-state index contributed by atoms with van der Waals surface area (Å²) < 4.78 is 5.46. The number of carbonyl (C=O) groups excluding carboxylic acids is 1. The third kappa shape index (κ3) is 2.95. The summed E-state index contributed by atoms with van der Waals surface area (Å²) in [5, 5.41) is 13.0. The Hall–Kier alpha value is -3.46. The number of nitrogens with zero attached hydrogens (tertiary/aromatic N) is 4. The fourth-order valence-electron chi connectivity index (χ4n) is 3.19. The predicted molar refractivity (Wildman–Crippen MR) is 93.9 cm³/mol. The average molecular weight is 344 g/mol. The molecule has 2 aromatic carbocycles. The van der Waals surface area contributed by atoms with Crippen molar-refractivity contribution in [2.24, 2.45) is 0 Å². The highest BCUT2D eigenvalue weighted by Crippen LogP contribution is 2.33. The Balaban J connectivity index is 1.58. The molecule has 26 heavy (non-hydrogen) atoms. The molecular formula is C20H16N4O2. The zero-order valence-electron chi connectivity index (χ0n) is 14.0. The van der Waals surface area contributed by atoms with Crippen molar-refractivity contribution >= 4 is 5.91 Å². The fraction of sp³-hybridized carbons (Fsp3) is 0.200. The molecule has 1 fully saturated rings. The minimum absolute atomic E-state index is 0.0866. The number of amides is 1. The zero-order valence-corrected chi connectivity index (χ0v) is 14.0. The molecule has 6 nitrogen and oxygen atoms in total. The molecule has 1 aliphatic rings. The van der Waals surface area contributed by atoms with Gasteiger partial charge in [0.2, 0.25) is 11.7 Å². The van der Waals surface area contributed by atoms with Crippen LogP contribution in [0, 0.1) is 11.3 Å². The molecule has 3 aromatic rings. The molecule has 1 aliphatic heterocycles. The monoisotopic (exact) mass is 344 g/mol. The summed E-state index contributed by atoms with van der Waals surface area (Å²) in [6.45, 7) is 0.645. The van der Waals surface area contributed by atoms with Gasteiger partial charge < -0.3 is 9.42 Å². The van der Waals surface area contributed by atoms with Crippen molar-refractivity contribution in [1.82, 2.24) is 15.0 Å². The van der Waals surface area contributed by atoms with Crippen LogP contribution in [0.3, 0.4) is 0 Å². The van der Waals surface area contributed by atoms with Gasteiger partial charge in [0.15, 0.2) is 0 Å². The average Bonchev–Trinajstić information content (AvgIpc) is 3.37. The van der Waals surface area contributed by atoms with E-state index in [1.807, 2.05) is 30.3 Å². The molecule has 1 saturated heterocycles. The largest absolute Gasteiger partial charge is 0.337 e. The van der Waals surface area contributed by atoms with Crippen LogP contribution in [-0.4, -0.2) is 27.5 Å². The molecule has 128 valence electrons. The SMILES string of the molecule is N#Cc1ccc(C(=O)N2CCC[C@@H]2c2nc(-c3ccccc3)no2)cc1. The van der Waals surface area contributed by atoms with Gasteiger partial charge >= 0.3 is 0 Å². The van der Waals surface area contributed by atoms with E-state index in [1.54, 1.807) is 29.2 Å². The van der Waals surface area contributed by atoms with Crippen LogP contribution in [0.2, 0.25) is 0 Å². The van der Waals surface area contributed by atoms with Crippen molar-refractivity contribution < 1.29 is 9.32 Å². The van der Waals surface area contributed by atoms with E-state index in [2.05, 4.69) is 16.2 Å². The summed E-state index contributed by atoms with van der Waals surface area (Å²) in [6.07, 6.45) is 1.67. The molecule has 1 amide bonds. The van der Waals surface area contributed by atoms with Crippen LogP contribution in [0.15, 0.2) is 59.1 Å². The highest BCUT2D eigenvalue weighted by molar-refractivity contribution is 5.94. The van der Waals surface area contributed by atoms with Gasteiger partial charge in [0.05, 0.1) is 11.6 Å². The van der Waals surface area contributed by atoms with Crippen LogP contribution < -0.4 is 0 Å². The maximum atomic E-state index is 12.9.